The van der Waals surface area contributed by atoms with Gasteiger partial charge in [0.2, 0.25) is 0 Å². The van der Waals surface area contributed by atoms with Crippen LogP contribution in [0.2, 0.25) is 5.02 Å². The Kier molecular flexibility index (Phi) is 9.18. The van der Waals surface area contributed by atoms with Crippen LogP contribution in [0, 0.1) is 6.92 Å². The Balaban J connectivity index is 0.000000623. The summed E-state index contributed by atoms with van der Waals surface area (Å²) < 4.78 is 2.97. The number of nitrogens with zero attached hydrogens (tertiary/aromatic N) is 3. The first-order chi connectivity index (χ1) is 16.7. The second kappa shape index (κ2) is 11.9. The van der Waals surface area contributed by atoms with E-state index in [2.05, 4.69) is 66.4 Å². The molecule has 2 N–H and O–H groups in total. The molecule has 0 aliphatic rings. The van der Waals surface area contributed by atoms with E-state index in [-0.39, 0.29) is 5.69 Å². The summed E-state index contributed by atoms with van der Waals surface area (Å²) in [5.74, 6) is -0.106. The van der Waals surface area contributed by atoms with E-state index in [4.69, 9.17) is 11.6 Å². The maximum absolute atomic E-state index is 13.4. The van der Waals surface area contributed by atoms with Crippen LogP contribution in [0.1, 0.15) is 40.3 Å². The molecule has 2 aromatic carbocycles. The number of hydrogen-bond donors (Lipinski definition) is 2. The molecule has 4 rings (SSSR count). The number of fused-ring (bicyclic) bond motifs is 1. The SMILES string of the molecule is CNC(C)C.Cc1cc(Br)cc(C=O)c1NC(=O)c1c2cc(Br)ccc2nn1-c1ncccc1Cl. The molecule has 2 heterocycles. The molecule has 7 nitrogen and oxygen atoms in total. The van der Waals surface area contributed by atoms with Crippen LogP contribution in [0.5, 0.6) is 0 Å². The standard InChI is InChI=1S/C21H13Br2ClN4O2.C4H11N/c1-11-7-14(23)8-12(10-29)18(11)26-21(30)19-15-9-13(22)4-5-17(15)27-28(19)20-16(24)3-2-6-25-20;1-4(2)5-3/h2-10H,1H3,(H,26,30);4-5H,1-3H3. The summed E-state index contributed by atoms with van der Waals surface area (Å²) in [6, 6.07) is 12.9. The molecule has 2 aromatic heterocycles. The minimum atomic E-state index is -0.439. The van der Waals surface area contributed by atoms with E-state index in [0.717, 1.165) is 14.5 Å². The van der Waals surface area contributed by atoms with E-state index in [9.17, 15) is 9.59 Å². The van der Waals surface area contributed by atoms with Gasteiger partial charge in [-0.2, -0.15) is 5.10 Å². The highest BCUT2D eigenvalue weighted by atomic mass is 79.9. The fourth-order valence-corrected chi connectivity index (χ4v) is 4.32. The van der Waals surface area contributed by atoms with Gasteiger partial charge in [-0.3, -0.25) is 9.59 Å². The smallest absolute Gasteiger partial charge is 0.275 e. The number of benzene rings is 2. The monoisotopic (exact) mass is 619 g/mol. The molecule has 0 aliphatic carbocycles. The zero-order valence-corrected chi connectivity index (χ0v) is 23.5. The molecule has 35 heavy (non-hydrogen) atoms. The lowest BCUT2D eigenvalue weighted by Crippen LogP contribution is -2.19. The summed E-state index contributed by atoms with van der Waals surface area (Å²) in [6.07, 6.45) is 2.28. The van der Waals surface area contributed by atoms with Gasteiger partial charge in [-0.1, -0.05) is 57.3 Å². The summed E-state index contributed by atoms with van der Waals surface area (Å²) >= 11 is 13.1. The molecule has 4 aromatic rings. The van der Waals surface area contributed by atoms with Crippen molar-refractivity contribution in [1.29, 1.82) is 0 Å². The van der Waals surface area contributed by atoms with Crippen LogP contribution in [0.4, 0.5) is 5.69 Å². The van der Waals surface area contributed by atoms with Crippen LogP contribution in [0.15, 0.2) is 57.6 Å². The predicted molar refractivity (Wildman–Crippen MR) is 148 cm³/mol. The van der Waals surface area contributed by atoms with Gasteiger partial charge in [0.05, 0.1) is 16.2 Å². The van der Waals surface area contributed by atoms with E-state index in [1.165, 1.54) is 4.68 Å². The van der Waals surface area contributed by atoms with Gasteiger partial charge in [-0.25, -0.2) is 9.67 Å². The predicted octanol–water partition coefficient (Wildman–Crippen LogP) is 6.59. The van der Waals surface area contributed by atoms with Crippen LogP contribution in [-0.2, 0) is 0 Å². The first kappa shape index (κ1) is 27.0. The summed E-state index contributed by atoms with van der Waals surface area (Å²) in [4.78, 5) is 29.3. The third kappa shape index (κ3) is 6.35. The van der Waals surface area contributed by atoms with E-state index < -0.39 is 5.91 Å². The van der Waals surface area contributed by atoms with Crippen molar-refractivity contribution in [2.24, 2.45) is 0 Å². The topological polar surface area (TPSA) is 88.9 Å². The number of carbonyl (C=O) groups excluding carboxylic acids is 2. The zero-order chi connectivity index (χ0) is 25.7. The maximum Gasteiger partial charge on any atom is 0.275 e. The molecule has 1 amide bonds. The first-order valence-electron chi connectivity index (χ1n) is 10.7. The minimum Gasteiger partial charge on any atom is -0.320 e. The number of nitrogens with one attached hydrogen (secondary N) is 2. The van der Waals surface area contributed by atoms with Crippen molar-refractivity contribution in [1.82, 2.24) is 20.1 Å². The van der Waals surface area contributed by atoms with Crippen LogP contribution >= 0.6 is 43.5 Å². The van der Waals surface area contributed by atoms with Gasteiger partial charge in [0.15, 0.2) is 12.1 Å². The van der Waals surface area contributed by atoms with E-state index in [0.29, 0.717) is 45.3 Å². The van der Waals surface area contributed by atoms with Gasteiger partial charge in [0, 0.05) is 32.1 Å². The van der Waals surface area contributed by atoms with Crippen molar-refractivity contribution in [2.45, 2.75) is 26.8 Å². The molecule has 0 aliphatic heterocycles. The number of rotatable bonds is 5. The minimum absolute atomic E-state index is 0.256. The fraction of sp³-hybridized carbons (Fsp3) is 0.200. The number of hydrogen-bond acceptors (Lipinski definition) is 5. The lowest BCUT2D eigenvalue weighted by atomic mass is 10.1. The van der Waals surface area contributed by atoms with Crippen molar-refractivity contribution >= 4 is 72.2 Å². The molecule has 0 saturated carbocycles. The second-order valence-electron chi connectivity index (χ2n) is 7.93. The number of anilines is 1. The van der Waals surface area contributed by atoms with Crippen molar-refractivity contribution in [3.8, 4) is 5.82 Å². The lowest BCUT2D eigenvalue weighted by Gasteiger charge is -2.13. The van der Waals surface area contributed by atoms with Crippen molar-refractivity contribution in [3.05, 3.63) is 79.5 Å². The largest absolute Gasteiger partial charge is 0.320 e. The highest BCUT2D eigenvalue weighted by Crippen LogP contribution is 2.30. The number of halogens is 3. The summed E-state index contributed by atoms with van der Waals surface area (Å²) in [5, 5.41) is 11.4. The Morgan fingerprint density at radius 1 is 1.14 bits per heavy atom. The number of carbonyl (C=O) groups is 2. The quantitative estimate of drug-likeness (QED) is 0.246. The maximum atomic E-state index is 13.4. The highest BCUT2D eigenvalue weighted by Gasteiger charge is 2.23. The molecule has 0 spiro atoms. The normalized spacial score (nSPS) is 10.7. The number of amides is 1. The molecule has 0 radical (unpaired) electrons. The molecule has 0 saturated heterocycles. The molecule has 0 unspecified atom stereocenters. The molecule has 0 bridgehead atoms. The van der Waals surface area contributed by atoms with Gasteiger partial charge in [0.1, 0.15) is 5.69 Å². The number of pyridine rings is 1. The Morgan fingerprint density at radius 2 is 1.86 bits per heavy atom. The Labute approximate surface area is 225 Å². The lowest BCUT2D eigenvalue weighted by molar-refractivity contribution is 0.102. The molecular formula is C25H24Br2ClN5O2. The van der Waals surface area contributed by atoms with Crippen LogP contribution in [0.3, 0.4) is 0 Å². The zero-order valence-electron chi connectivity index (χ0n) is 19.6. The summed E-state index contributed by atoms with van der Waals surface area (Å²) in [7, 11) is 1.95. The van der Waals surface area contributed by atoms with Crippen molar-refractivity contribution in [2.75, 3.05) is 12.4 Å². The average Bonchev–Trinajstić information content (AvgIpc) is 3.19. The molecule has 10 heteroatoms. The van der Waals surface area contributed by atoms with E-state index in [1.54, 1.807) is 36.5 Å². The number of aryl methyl sites for hydroxylation is 1. The molecule has 0 atom stereocenters. The van der Waals surface area contributed by atoms with Crippen molar-refractivity contribution < 1.29 is 9.59 Å². The Bertz CT molecular complexity index is 1390. The Hall–Kier alpha value is -2.59. The Morgan fingerprint density at radius 3 is 2.49 bits per heavy atom. The van der Waals surface area contributed by atoms with Gasteiger partial charge in [-0.15, -0.1) is 0 Å². The van der Waals surface area contributed by atoms with E-state index >= 15 is 0 Å². The average molecular weight is 622 g/mol. The van der Waals surface area contributed by atoms with Crippen molar-refractivity contribution in [3.63, 3.8) is 0 Å². The highest BCUT2D eigenvalue weighted by molar-refractivity contribution is 9.10. The molecular weight excluding hydrogens is 598 g/mol. The van der Waals surface area contributed by atoms with Crippen LogP contribution in [-0.4, -0.2) is 40.0 Å². The summed E-state index contributed by atoms with van der Waals surface area (Å²) in [5.41, 5.74) is 2.40. The number of aldehydes is 1. The second-order valence-corrected chi connectivity index (χ2v) is 10.2. The van der Waals surface area contributed by atoms with Crippen LogP contribution < -0.4 is 10.6 Å². The third-order valence-corrected chi connectivity index (χ3v) is 6.31. The van der Waals surface area contributed by atoms with E-state index in [1.807, 2.05) is 26.1 Å². The third-order valence-electron chi connectivity index (χ3n) is 5.06. The van der Waals surface area contributed by atoms with Gasteiger partial charge >= 0.3 is 0 Å². The fourth-order valence-electron chi connectivity index (χ4n) is 3.17. The number of aromatic nitrogens is 3. The van der Waals surface area contributed by atoms with Gasteiger partial charge in [-0.05, 0) is 62.0 Å². The van der Waals surface area contributed by atoms with Gasteiger partial charge < -0.3 is 10.6 Å². The molecule has 182 valence electrons. The first-order valence-corrected chi connectivity index (χ1v) is 12.7. The summed E-state index contributed by atoms with van der Waals surface area (Å²) in [6.45, 7) is 6.04. The molecule has 0 fully saturated rings. The van der Waals surface area contributed by atoms with Crippen LogP contribution in [0.25, 0.3) is 16.7 Å². The van der Waals surface area contributed by atoms with Gasteiger partial charge in [0.25, 0.3) is 5.91 Å².